The second-order valence-corrected chi connectivity index (χ2v) is 4.00. The topological polar surface area (TPSA) is 49.8 Å². The van der Waals surface area contributed by atoms with Gasteiger partial charge in [-0.3, -0.25) is 9.69 Å². The maximum atomic E-state index is 11.1. The van der Waals surface area contributed by atoms with Gasteiger partial charge in [-0.2, -0.15) is 0 Å². The number of unbranched alkanes of at least 4 members (excludes halogenated alkanes) is 2. The van der Waals surface area contributed by atoms with E-state index in [0.29, 0.717) is 13.2 Å². The molecule has 1 fully saturated rings. The van der Waals surface area contributed by atoms with E-state index in [1.807, 2.05) is 4.90 Å². The number of hydrogen-bond acceptors (Lipinski definition) is 3. The number of ether oxygens (including phenoxy) is 1. The van der Waals surface area contributed by atoms with E-state index in [2.05, 4.69) is 6.92 Å². The van der Waals surface area contributed by atoms with Gasteiger partial charge in [-0.1, -0.05) is 26.2 Å². The zero-order valence-corrected chi connectivity index (χ0v) is 9.45. The van der Waals surface area contributed by atoms with Crippen molar-refractivity contribution in [2.24, 2.45) is 0 Å². The average Bonchev–Trinajstić information content (AvgIpc) is 2.25. The van der Waals surface area contributed by atoms with Crippen LogP contribution in [0.15, 0.2) is 0 Å². The molecule has 0 aromatic heterocycles. The lowest BCUT2D eigenvalue weighted by molar-refractivity contribution is -0.145. The Hall–Kier alpha value is -0.610. The van der Waals surface area contributed by atoms with Crippen LogP contribution in [0.4, 0.5) is 0 Å². The molecule has 0 aromatic carbocycles. The lowest BCUT2D eigenvalue weighted by Gasteiger charge is -2.31. The maximum absolute atomic E-state index is 11.1. The molecule has 0 saturated carbocycles. The summed E-state index contributed by atoms with van der Waals surface area (Å²) in [4.78, 5) is 13.1. The molecule has 1 atom stereocenters. The molecule has 0 bridgehead atoms. The first-order valence-corrected chi connectivity index (χ1v) is 5.80. The molecule has 4 nitrogen and oxygen atoms in total. The van der Waals surface area contributed by atoms with Crippen LogP contribution in [0.2, 0.25) is 0 Å². The van der Waals surface area contributed by atoms with Crippen LogP contribution < -0.4 is 0 Å². The van der Waals surface area contributed by atoms with Gasteiger partial charge in [0.25, 0.3) is 0 Å². The van der Waals surface area contributed by atoms with Crippen molar-refractivity contribution in [2.45, 2.75) is 38.6 Å². The Balaban J connectivity index is 2.37. The Bertz CT molecular complexity index is 190. The molecule has 1 N–H and O–H groups in total. The highest BCUT2D eigenvalue weighted by Crippen LogP contribution is 2.12. The van der Waals surface area contributed by atoms with Gasteiger partial charge in [0, 0.05) is 13.1 Å². The first-order valence-electron chi connectivity index (χ1n) is 5.80. The third-order valence-corrected chi connectivity index (χ3v) is 2.85. The monoisotopic (exact) mass is 215 g/mol. The standard InChI is InChI=1S/C11H21NO3/c1-2-3-4-5-10(11(13)14)12-6-8-15-9-7-12/h10H,2-9H2,1H3,(H,13,14). The van der Waals surface area contributed by atoms with Gasteiger partial charge >= 0.3 is 5.97 Å². The van der Waals surface area contributed by atoms with E-state index in [4.69, 9.17) is 9.84 Å². The van der Waals surface area contributed by atoms with E-state index in [1.54, 1.807) is 0 Å². The minimum absolute atomic E-state index is 0.305. The number of hydrogen-bond donors (Lipinski definition) is 1. The molecule has 0 amide bonds. The van der Waals surface area contributed by atoms with Crippen molar-refractivity contribution < 1.29 is 14.6 Å². The highest BCUT2D eigenvalue weighted by molar-refractivity contribution is 5.73. The number of rotatable bonds is 6. The normalized spacial score (nSPS) is 20.1. The van der Waals surface area contributed by atoms with Crippen molar-refractivity contribution in [2.75, 3.05) is 26.3 Å². The Labute approximate surface area is 91.2 Å². The summed E-state index contributed by atoms with van der Waals surface area (Å²) < 4.78 is 5.22. The van der Waals surface area contributed by atoms with Crippen LogP contribution in [0.5, 0.6) is 0 Å². The second kappa shape index (κ2) is 6.80. The van der Waals surface area contributed by atoms with Crippen molar-refractivity contribution in [1.29, 1.82) is 0 Å². The molecular formula is C11H21NO3. The first kappa shape index (κ1) is 12.5. The fourth-order valence-corrected chi connectivity index (χ4v) is 1.94. The molecule has 1 rings (SSSR count). The van der Waals surface area contributed by atoms with Crippen LogP contribution in [0.1, 0.15) is 32.6 Å². The molecule has 1 aliphatic rings. The second-order valence-electron chi connectivity index (χ2n) is 4.00. The van der Waals surface area contributed by atoms with Gasteiger partial charge in [-0.05, 0) is 6.42 Å². The summed E-state index contributed by atoms with van der Waals surface area (Å²) in [7, 11) is 0. The van der Waals surface area contributed by atoms with Crippen LogP contribution in [-0.2, 0) is 9.53 Å². The van der Waals surface area contributed by atoms with Gasteiger partial charge in [0.15, 0.2) is 0 Å². The van der Waals surface area contributed by atoms with Crippen LogP contribution >= 0.6 is 0 Å². The molecule has 0 radical (unpaired) electrons. The van der Waals surface area contributed by atoms with Gasteiger partial charge in [0.05, 0.1) is 13.2 Å². The largest absolute Gasteiger partial charge is 0.480 e. The van der Waals surface area contributed by atoms with Crippen molar-refractivity contribution in [3.05, 3.63) is 0 Å². The Morgan fingerprint density at radius 2 is 2.07 bits per heavy atom. The molecule has 88 valence electrons. The van der Waals surface area contributed by atoms with Gasteiger partial charge in [-0.25, -0.2) is 0 Å². The molecule has 1 unspecified atom stereocenters. The summed E-state index contributed by atoms with van der Waals surface area (Å²) in [5.41, 5.74) is 0. The van der Waals surface area contributed by atoms with Gasteiger partial charge in [-0.15, -0.1) is 0 Å². The summed E-state index contributed by atoms with van der Waals surface area (Å²) >= 11 is 0. The van der Waals surface area contributed by atoms with Crippen LogP contribution in [0.25, 0.3) is 0 Å². The third-order valence-electron chi connectivity index (χ3n) is 2.85. The Kier molecular flexibility index (Phi) is 5.65. The van der Waals surface area contributed by atoms with Crippen LogP contribution in [-0.4, -0.2) is 48.3 Å². The lowest BCUT2D eigenvalue weighted by atomic mass is 10.1. The maximum Gasteiger partial charge on any atom is 0.320 e. The van der Waals surface area contributed by atoms with E-state index >= 15 is 0 Å². The average molecular weight is 215 g/mol. The Morgan fingerprint density at radius 3 is 2.60 bits per heavy atom. The Morgan fingerprint density at radius 1 is 1.40 bits per heavy atom. The van der Waals surface area contributed by atoms with E-state index in [9.17, 15) is 4.79 Å². The summed E-state index contributed by atoms with van der Waals surface area (Å²) in [5, 5.41) is 9.14. The summed E-state index contributed by atoms with van der Waals surface area (Å²) in [6.45, 7) is 4.96. The number of carboxylic acid groups (broad SMARTS) is 1. The van der Waals surface area contributed by atoms with Crippen molar-refractivity contribution in [1.82, 2.24) is 4.90 Å². The highest BCUT2D eigenvalue weighted by Gasteiger charge is 2.26. The molecule has 1 saturated heterocycles. The number of morpholine rings is 1. The number of nitrogens with zero attached hydrogens (tertiary/aromatic N) is 1. The van der Waals surface area contributed by atoms with Gasteiger partial charge in [0.1, 0.15) is 6.04 Å². The zero-order chi connectivity index (χ0) is 11.1. The fourth-order valence-electron chi connectivity index (χ4n) is 1.94. The molecular weight excluding hydrogens is 194 g/mol. The third kappa shape index (κ3) is 4.18. The number of carbonyl (C=O) groups is 1. The molecule has 0 spiro atoms. The minimum atomic E-state index is -0.687. The van der Waals surface area contributed by atoms with Gasteiger partial charge in [0.2, 0.25) is 0 Å². The minimum Gasteiger partial charge on any atom is -0.480 e. The molecule has 4 heteroatoms. The highest BCUT2D eigenvalue weighted by atomic mass is 16.5. The first-order chi connectivity index (χ1) is 7.25. The quantitative estimate of drug-likeness (QED) is 0.679. The smallest absolute Gasteiger partial charge is 0.320 e. The van der Waals surface area contributed by atoms with Crippen molar-refractivity contribution in [3.63, 3.8) is 0 Å². The number of aliphatic carboxylic acids is 1. The lowest BCUT2D eigenvalue weighted by Crippen LogP contribution is -2.47. The summed E-state index contributed by atoms with van der Waals surface area (Å²) in [6, 6.07) is -0.305. The molecule has 0 aliphatic carbocycles. The van der Waals surface area contributed by atoms with Gasteiger partial charge < -0.3 is 9.84 Å². The predicted octanol–water partition coefficient (Wildman–Crippen LogP) is 1.35. The molecule has 1 heterocycles. The summed E-state index contributed by atoms with van der Waals surface area (Å²) in [6.07, 6.45) is 4.03. The predicted molar refractivity (Wildman–Crippen MR) is 58.0 cm³/mol. The SMILES string of the molecule is CCCCCC(C(=O)O)N1CCOCC1. The van der Waals surface area contributed by atoms with Crippen molar-refractivity contribution in [3.8, 4) is 0 Å². The van der Waals surface area contributed by atoms with E-state index in [1.165, 1.54) is 0 Å². The van der Waals surface area contributed by atoms with Crippen LogP contribution in [0, 0.1) is 0 Å². The molecule has 1 aliphatic heterocycles. The van der Waals surface area contributed by atoms with E-state index in [-0.39, 0.29) is 6.04 Å². The van der Waals surface area contributed by atoms with Crippen molar-refractivity contribution >= 4 is 5.97 Å². The number of carboxylic acids is 1. The van der Waals surface area contributed by atoms with E-state index in [0.717, 1.165) is 38.8 Å². The van der Waals surface area contributed by atoms with Crippen LogP contribution in [0.3, 0.4) is 0 Å². The molecule has 0 aromatic rings. The zero-order valence-electron chi connectivity index (χ0n) is 9.45. The fraction of sp³-hybridized carbons (Fsp3) is 0.909. The summed E-state index contributed by atoms with van der Waals surface area (Å²) in [5.74, 6) is -0.687. The van der Waals surface area contributed by atoms with E-state index < -0.39 is 5.97 Å². The molecule has 15 heavy (non-hydrogen) atoms.